The zero-order valence-electron chi connectivity index (χ0n) is 7.61. The number of hydrogen-bond donors (Lipinski definition) is 0. The van der Waals surface area contributed by atoms with Gasteiger partial charge in [-0.25, -0.2) is 4.57 Å². The third kappa shape index (κ3) is 1.44. The van der Waals surface area contributed by atoms with Crippen LogP contribution in [0.3, 0.4) is 0 Å². The Morgan fingerprint density at radius 2 is 2.17 bits per heavy atom. The van der Waals surface area contributed by atoms with E-state index in [0.717, 1.165) is 11.1 Å². The fourth-order valence-electron chi connectivity index (χ4n) is 0.965. The van der Waals surface area contributed by atoms with E-state index in [1.807, 2.05) is 31.5 Å². The molecule has 0 aromatic carbocycles. The Kier molecular flexibility index (Phi) is 2.80. The highest BCUT2D eigenvalue weighted by molar-refractivity contribution is 5.66. The molecule has 3 heteroatoms. The van der Waals surface area contributed by atoms with Crippen molar-refractivity contribution in [3.05, 3.63) is 24.9 Å². The van der Waals surface area contributed by atoms with Crippen LogP contribution in [0, 0.1) is 0 Å². The van der Waals surface area contributed by atoms with Gasteiger partial charge >= 0.3 is 0 Å². The second-order valence-corrected chi connectivity index (χ2v) is 2.17. The first-order valence-electron chi connectivity index (χ1n) is 4.05. The Morgan fingerprint density at radius 3 is 2.83 bits per heavy atom. The molecule has 0 aliphatic rings. The lowest BCUT2D eigenvalue weighted by molar-refractivity contribution is -0.648. The van der Waals surface area contributed by atoms with Gasteiger partial charge in [0, 0.05) is 6.07 Å². The van der Waals surface area contributed by atoms with Gasteiger partial charge in [-0.05, 0) is 0 Å². The average Bonchev–Trinajstić information content (AvgIpc) is 2.57. The SMILES string of the molecule is CC.C[n+]1cncc2occc21. The molecule has 0 N–H and O–H groups in total. The highest BCUT2D eigenvalue weighted by atomic mass is 16.3. The highest BCUT2D eigenvalue weighted by Crippen LogP contribution is 2.06. The number of furan rings is 1. The maximum Gasteiger partial charge on any atom is 0.286 e. The van der Waals surface area contributed by atoms with Crippen molar-refractivity contribution in [2.75, 3.05) is 0 Å². The van der Waals surface area contributed by atoms with Crippen molar-refractivity contribution in [2.24, 2.45) is 7.05 Å². The van der Waals surface area contributed by atoms with Gasteiger partial charge in [-0.2, -0.15) is 0 Å². The molecule has 0 aliphatic heterocycles. The molecule has 2 heterocycles. The van der Waals surface area contributed by atoms with E-state index in [-0.39, 0.29) is 0 Å². The Morgan fingerprint density at radius 1 is 1.42 bits per heavy atom. The summed E-state index contributed by atoms with van der Waals surface area (Å²) in [7, 11) is 1.94. The predicted octanol–water partition coefficient (Wildman–Crippen LogP) is 1.68. The first kappa shape index (κ1) is 8.71. The zero-order chi connectivity index (χ0) is 8.97. The van der Waals surface area contributed by atoms with Gasteiger partial charge in [0.05, 0.1) is 13.3 Å². The number of rotatable bonds is 0. The summed E-state index contributed by atoms with van der Waals surface area (Å²) in [6, 6.07) is 1.91. The lowest BCUT2D eigenvalue weighted by Gasteiger charge is -1.85. The molecule has 3 nitrogen and oxygen atoms in total. The van der Waals surface area contributed by atoms with Crippen molar-refractivity contribution in [3.63, 3.8) is 0 Å². The van der Waals surface area contributed by atoms with Crippen LogP contribution in [0.4, 0.5) is 0 Å². The number of aryl methyl sites for hydroxylation is 1. The topological polar surface area (TPSA) is 29.9 Å². The van der Waals surface area contributed by atoms with Crippen molar-refractivity contribution in [1.29, 1.82) is 0 Å². The summed E-state index contributed by atoms with van der Waals surface area (Å²) in [5.74, 6) is 0. The van der Waals surface area contributed by atoms with Crippen LogP contribution in [0.1, 0.15) is 13.8 Å². The van der Waals surface area contributed by atoms with Gasteiger partial charge in [-0.15, -0.1) is 0 Å². The van der Waals surface area contributed by atoms with Gasteiger partial charge in [0.25, 0.3) is 6.33 Å². The van der Waals surface area contributed by atoms with Crippen LogP contribution in [0.25, 0.3) is 11.1 Å². The summed E-state index contributed by atoms with van der Waals surface area (Å²) in [6.45, 7) is 4.00. The van der Waals surface area contributed by atoms with Crippen molar-refractivity contribution in [3.8, 4) is 0 Å². The predicted molar refractivity (Wildman–Crippen MR) is 46.5 cm³/mol. The van der Waals surface area contributed by atoms with E-state index in [1.165, 1.54) is 0 Å². The Bertz CT molecular complexity index is 354. The second-order valence-electron chi connectivity index (χ2n) is 2.17. The molecule has 0 amide bonds. The summed E-state index contributed by atoms with van der Waals surface area (Å²) in [6.07, 6.45) is 5.11. The van der Waals surface area contributed by atoms with Gasteiger partial charge in [-0.1, -0.05) is 18.8 Å². The third-order valence-corrected chi connectivity index (χ3v) is 1.49. The minimum Gasteiger partial charge on any atom is -0.456 e. The molecule has 0 bridgehead atoms. The van der Waals surface area contributed by atoms with Crippen LogP contribution in [0.5, 0.6) is 0 Å². The largest absolute Gasteiger partial charge is 0.456 e. The first-order chi connectivity index (χ1) is 5.88. The Labute approximate surface area is 71.7 Å². The molecule has 0 unspecified atom stereocenters. The lowest BCUT2D eigenvalue weighted by atomic mass is 10.5. The second kappa shape index (κ2) is 3.85. The molecule has 2 aromatic rings. The monoisotopic (exact) mass is 165 g/mol. The van der Waals surface area contributed by atoms with E-state index in [9.17, 15) is 0 Å². The van der Waals surface area contributed by atoms with Crippen LogP contribution in [0.2, 0.25) is 0 Å². The number of fused-ring (bicyclic) bond motifs is 1. The molecule has 2 rings (SSSR count). The zero-order valence-corrected chi connectivity index (χ0v) is 7.61. The molecule has 0 saturated heterocycles. The molecular weight excluding hydrogens is 152 g/mol. The standard InChI is InChI=1S/C7H7N2O.C2H6/c1-9-5-8-4-7-6(9)2-3-10-7;1-2/h2-5H,1H3;1-2H3/q+1;. The molecule has 0 radical (unpaired) electrons. The lowest BCUT2D eigenvalue weighted by Crippen LogP contribution is -2.28. The summed E-state index contributed by atoms with van der Waals surface area (Å²) >= 11 is 0. The summed E-state index contributed by atoms with van der Waals surface area (Å²) in [5, 5.41) is 0. The molecule has 0 fully saturated rings. The molecule has 0 aliphatic carbocycles. The third-order valence-electron chi connectivity index (χ3n) is 1.49. The van der Waals surface area contributed by atoms with Crippen LogP contribution in [0.15, 0.2) is 29.3 Å². The van der Waals surface area contributed by atoms with E-state index >= 15 is 0 Å². The Balaban J connectivity index is 0.000000336. The molecule has 0 saturated carbocycles. The van der Waals surface area contributed by atoms with Crippen molar-refractivity contribution >= 4 is 11.1 Å². The van der Waals surface area contributed by atoms with Crippen LogP contribution < -0.4 is 4.57 Å². The van der Waals surface area contributed by atoms with E-state index in [1.54, 1.807) is 18.8 Å². The average molecular weight is 165 g/mol. The van der Waals surface area contributed by atoms with E-state index in [0.29, 0.717) is 0 Å². The van der Waals surface area contributed by atoms with E-state index in [2.05, 4.69) is 4.98 Å². The van der Waals surface area contributed by atoms with Gasteiger partial charge < -0.3 is 4.42 Å². The van der Waals surface area contributed by atoms with Gasteiger partial charge in [-0.3, -0.25) is 0 Å². The summed E-state index contributed by atoms with van der Waals surface area (Å²) in [5.41, 5.74) is 1.89. The van der Waals surface area contributed by atoms with Crippen LogP contribution in [-0.2, 0) is 7.05 Å². The smallest absolute Gasteiger partial charge is 0.286 e. The van der Waals surface area contributed by atoms with Crippen molar-refractivity contribution < 1.29 is 8.98 Å². The molecule has 64 valence electrons. The fourth-order valence-corrected chi connectivity index (χ4v) is 0.965. The fraction of sp³-hybridized carbons (Fsp3) is 0.333. The van der Waals surface area contributed by atoms with Crippen LogP contribution in [-0.4, -0.2) is 4.98 Å². The van der Waals surface area contributed by atoms with Crippen LogP contribution >= 0.6 is 0 Å². The number of aromatic nitrogens is 2. The first-order valence-corrected chi connectivity index (χ1v) is 4.05. The quantitative estimate of drug-likeness (QED) is 0.556. The minimum atomic E-state index is 0.824. The molecule has 0 atom stereocenters. The van der Waals surface area contributed by atoms with Crippen molar-refractivity contribution in [2.45, 2.75) is 13.8 Å². The molecule has 12 heavy (non-hydrogen) atoms. The molecular formula is C9H13N2O+. The molecule has 0 spiro atoms. The van der Waals surface area contributed by atoms with Gasteiger partial charge in [0.1, 0.15) is 0 Å². The highest BCUT2D eigenvalue weighted by Gasteiger charge is 2.03. The van der Waals surface area contributed by atoms with Gasteiger partial charge in [0.2, 0.25) is 5.58 Å². The van der Waals surface area contributed by atoms with E-state index < -0.39 is 0 Å². The van der Waals surface area contributed by atoms with E-state index in [4.69, 9.17) is 4.42 Å². The minimum absolute atomic E-state index is 0.824. The maximum atomic E-state index is 5.12. The summed E-state index contributed by atoms with van der Waals surface area (Å²) < 4.78 is 7.03. The summed E-state index contributed by atoms with van der Waals surface area (Å²) in [4.78, 5) is 3.95. The Hall–Kier alpha value is -1.38. The van der Waals surface area contributed by atoms with Gasteiger partial charge in [0.15, 0.2) is 11.7 Å². The number of hydrogen-bond acceptors (Lipinski definition) is 2. The normalized spacial score (nSPS) is 9.25. The molecule has 2 aromatic heterocycles. The maximum absolute atomic E-state index is 5.12. The number of nitrogens with zero attached hydrogens (tertiary/aromatic N) is 2. The van der Waals surface area contributed by atoms with Crippen molar-refractivity contribution in [1.82, 2.24) is 4.98 Å².